The SMILES string of the molecule is CC(=C=O)CCC[N+](C)(C)C. The lowest BCUT2D eigenvalue weighted by Gasteiger charge is -2.23. The van der Waals surface area contributed by atoms with E-state index in [1.165, 1.54) is 0 Å². The highest BCUT2D eigenvalue weighted by Gasteiger charge is 2.05. The van der Waals surface area contributed by atoms with Crippen LogP contribution in [-0.4, -0.2) is 38.1 Å². The Labute approximate surface area is 69.1 Å². The van der Waals surface area contributed by atoms with E-state index in [-0.39, 0.29) is 0 Å². The Kier molecular flexibility index (Phi) is 4.09. The van der Waals surface area contributed by atoms with Crippen LogP contribution in [0.15, 0.2) is 5.57 Å². The van der Waals surface area contributed by atoms with Crippen LogP contribution < -0.4 is 0 Å². The summed E-state index contributed by atoms with van der Waals surface area (Å²) in [6, 6.07) is 0. The van der Waals surface area contributed by atoms with E-state index in [1.807, 2.05) is 12.9 Å². The monoisotopic (exact) mass is 156 g/mol. The summed E-state index contributed by atoms with van der Waals surface area (Å²) in [5.74, 6) is 1.91. The first-order valence-corrected chi connectivity index (χ1v) is 3.97. The summed E-state index contributed by atoms with van der Waals surface area (Å²) in [5.41, 5.74) is 0.832. The molecule has 0 atom stereocenters. The third-order valence-corrected chi connectivity index (χ3v) is 1.55. The summed E-state index contributed by atoms with van der Waals surface area (Å²) in [6.07, 6.45) is 1.96. The molecule has 0 radical (unpaired) electrons. The number of nitrogens with zero attached hydrogens (tertiary/aromatic N) is 1. The minimum atomic E-state index is 0.832. The van der Waals surface area contributed by atoms with Crippen LogP contribution in [0.1, 0.15) is 19.8 Å². The average molecular weight is 156 g/mol. The molecule has 2 heteroatoms. The van der Waals surface area contributed by atoms with Gasteiger partial charge in [0.2, 0.25) is 0 Å². The molecule has 0 spiro atoms. The highest BCUT2D eigenvalue weighted by Crippen LogP contribution is 2.02. The molecule has 11 heavy (non-hydrogen) atoms. The molecular weight excluding hydrogens is 138 g/mol. The van der Waals surface area contributed by atoms with Gasteiger partial charge in [-0.15, -0.1) is 0 Å². The van der Waals surface area contributed by atoms with Crippen LogP contribution in [0.5, 0.6) is 0 Å². The van der Waals surface area contributed by atoms with Crippen molar-refractivity contribution in [1.82, 2.24) is 0 Å². The lowest BCUT2D eigenvalue weighted by Crippen LogP contribution is -2.35. The molecule has 0 aliphatic rings. The van der Waals surface area contributed by atoms with Crippen molar-refractivity contribution in [2.45, 2.75) is 19.8 Å². The van der Waals surface area contributed by atoms with Crippen LogP contribution in [0, 0.1) is 0 Å². The van der Waals surface area contributed by atoms with Gasteiger partial charge in [0.05, 0.1) is 27.7 Å². The molecule has 0 aromatic rings. The maximum absolute atomic E-state index is 10.1. The Balaban J connectivity index is 3.51. The van der Waals surface area contributed by atoms with Gasteiger partial charge in [-0.2, -0.15) is 0 Å². The second kappa shape index (κ2) is 4.32. The minimum Gasteiger partial charge on any atom is -0.331 e. The summed E-state index contributed by atoms with van der Waals surface area (Å²) in [7, 11) is 6.46. The fraction of sp³-hybridized carbons (Fsp3) is 0.778. The standard InChI is InChI=1S/C9H18NO/c1-9(8-11)6-5-7-10(2,3)4/h5-7H2,1-4H3/q+1. The van der Waals surface area contributed by atoms with Gasteiger partial charge in [-0.25, -0.2) is 4.79 Å². The van der Waals surface area contributed by atoms with E-state index in [4.69, 9.17) is 0 Å². The highest BCUT2D eigenvalue weighted by atomic mass is 16.1. The molecule has 0 aliphatic carbocycles. The first-order valence-electron chi connectivity index (χ1n) is 3.97. The molecule has 0 saturated carbocycles. The summed E-state index contributed by atoms with van der Waals surface area (Å²) < 4.78 is 0.964. The zero-order chi connectivity index (χ0) is 8.91. The van der Waals surface area contributed by atoms with Crippen molar-refractivity contribution in [3.05, 3.63) is 5.57 Å². The Bertz CT molecular complexity index is 161. The second-order valence-electron chi connectivity index (χ2n) is 4.00. The Morgan fingerprint density at radius 1 is 1.36 bits per heavy atom. The zero-order valence-electron chi connectivity index (χ0n) is 7.98. The van der Waals surface area contributed by atoms with Gasteiger partial charge in [0.1, 0.15) is 5.94 Å². The fourth-order valence-corrected chi connectivity index (χ4v) is 0.870. The number of hydrogen-bond donors (Lipinski definition) is 0. The molecule has 0 aromatic heterocycles. The molecule has 0 aromatic carbocycles. The van der Waals surface area contributed by atoms with Crippen molar-refractivity contribution in [1.29, 1.82) is 0 Å². The molecule has 2 nitrogen and oxygen atoms in total. The predicted octanol–water partition coefficient (Wildman–Crippen LogP) is 1.25. The third kappa shape index (κ3) is 7.31. The molecule has 0 aliphatic heterocycles. The van der Waals surface area contributed by atoms with Crippen LogP contribution >= 0.6 is 0 Å². The first kappa shape index (κ1) is 10.4. The van der Waals surface area contributed by atoms with Crippen molar-refractivity contribution in [2.75, 3.05) is 27.7 Å². The third-order valence-electron chi connectivity index (χ3n) is 1.55. The van der Waals surface area contributed by atoms with Crippen molar-refractivity contribution < 1.29 is 9.28 Å². The van der Waals surface area contributed by atoms with Gasteiger partial charge in [0, 0.05) is 12.0 Å². The van der Waals surface area contributed by atoms with Crippen LogP contribution in [0.4, 0.5) is 0 Å². The Morgan fingerprint density at radius 3 is 2.27 bits per heavy atom. The normalized spacial score (nSPS) is 10.9. The van der Waals surface area contributed by atoms with E-state index >= 15 is 0 Å². The van der Waals surface area contributed by atoms with E-state index in [0.29, 0.717) is 0 Å². The molecule has 0 rings (SSSR count). The van der Waals surface area contributed by atoms with E-state index in [0.717, 1.165) is 29.4 Å². The van der Waals surface area contributed by atoms with E-state index in [9.17, 15) is 4.79 Å². The van der Waals surface area contributed by atoms with Gasteiger partial charge in [-0.3, -0.25) is 0 Å². The molecule has 0 heterocycles. The van der Waals surface area contributed by atoms with Gasteiger partial charge in [0.25, 0.3) is 0 Å². The number of allylic oxidation sites excluding steroid dienone is 1. The minimum absolute atomic E-state index is 0.832. The maximum Gasteiger partial charge on any atom is 0.123 e. The molecule has 0 bridgehead atoms. The maximum atomic E-state index is 10.1. The lowest BCUT2D eigenvalue weighted by molar-refractivity contribution is -0.870. The fourth-order valence-electron chi connectivity index (χ4n) is 0.870. The molecular formula is C9H18NO+. The first-order chi connectivity index (χ1) is 4.95. The van der Waals surface area contributed by atoms with Crippen LogP contribution in [0.25, 0.3) is 0 Å². The number of rotatable bonds is 4. The molecule has 0 N–H and O–H groups in total. The highest BCUT2D eigenvalue weighted by molar-refractivity contribution is 5.50. The van der Waals surface area contributed by atoms with Gasteiger partial charge in [0.15, 0.2) is 0 Å². The smallest absolute Gasteiger partial charge is 0.123 e. The molecule has 0 amide bonds. The summed E-state index contributed by atoms with van der Waals surface area (Å²) >= 11 is 0. The molecule has 0 fully saturated rings. The van der Waals surface area contributed by atoms with Crippen LogP contribution in [-0.2, 0) is 4.79 Å². The average Bonchev–Trinajstić information content (AvgIpc) is 1.85. The van der Waals surface area contributed by atoms with Crippen molar-refractivity contribution in [2.24, 2.45) is 0 Å². The second-order valence-corrected chi connectivity index (χ2v) is 4.00. The van der Waals surface area contributed by atoms with E-state index < -0.39 is 0 Å². The summed E-state index contributed by atoms with van der Waals surface area (Å²) in [6.45, 7) is 2.95. The topological polar surface area (TPSA) is 17.1 Å². The molecule has 64 valence electrons. The lowest BCUT2D eigenvalue weighted by atomic mass is 10.2. The van der Waals surface area contributed by atoms with Crippen LogP contribution in [0.3, 0.4) is 0 Å². The number of quaternary nitrogens is 1. The van der Waals surface area contributed by atoms with Gasteiger partial charge in [-0.05, 0) is 13.3 Å². The van der Waals surface area contributed by atoms with E-state index in [2.05, 4.69) is 21.1 Å². The molecule has 0 saturated heterocycles. The predicted molar refractivity (Wildman–Crippen MR) is 47.0 cm³/mol. The number of hydrogen-bond acceptors (Lipinski definition) is 1. The van der Waals surface area contributed by atoms with Crippen molar-refractivity contribution in [3.8, 4) is 0 Å². The molecule has 0 unspecified atom stereocenters. The zero-order valence-corrected chi connectivity index (χ0v) is 7.98. The van der Waals surface area contributed by atoms with Crippen molar-refractivity contribution in [3.63, 3.8) is 0 Å². The summed E-state index contributed by atoms with van der Waals surface area (Å²) in [4.78, 5) is 10.1. The van der Waals surface area contributed by atoms with Crippen molar-refractivity contribution >= 4 is 5.94 Å². The largest absolute Gasteiger partial charge is 0.331 e. The quantitative estimate of drug-likeness (QED) is 0.442. The number of carbonyl (C=O) groups excluding carboxylic acids is 1. The van der Waals surface area contributed by atoms with Gasteiger partial charge in [-0.1, -0.05) is 0 Å². The van der Waals surface area contributed by atoms with Gasteiger partial charge >= 0.3 is 0 Å². The van der Waals surface area contributed by atoms with Gasteiger partial charge < -0.3 is 4.48 Å². The summed E-state index contributed by atoms with van der Waals surface area (Å²) in [5, 5.41) is 0. The Hall–Kier alpha value is -0.590. The van der Waals surface area contributed by atoms with E-state index in [1.54, 1.807) is 0 Å². The Morgan fingerprint density at radius 2 is 1.91 bits per heavy atom. The van der Waals surface area contributed by atoms with Crippen LogP contribution in [0.2, 0.25) is 0 Å².